The van der Waals surface area contributed by atoms with Gasteiger partial charge in [-0.15, -0.1) is 11.8 Å². The zero-order chi connectivity index (χ0) is 17.6. The third-order valence-corrected chi connectivity index (χ3v) is 6.05. The molecular formula is C17H26N2O3S2. The van der Waals surface area contributed by atoms with Crippen LogP contribution in [0.3, 0.4) is 0 Å². The summed E-state index contributed by atoms with van der Waals surface area (Å²) in [5.41, 5.74) is 1.22. The predicted molar refractivity (Wildman–Crippen MR) is 99.3 cm³/mol. The average Bonchev–Trinajstić information content (AvgIpc) is 2.58. The van der Waals surface area contributed by atoms with E-state index in [0.717, 1.165) is 25.1 Å². The Bertz CT molecular complexity index is 634. The molecule has 0 spiro atoms. The minimum Gasteiger partial charge on any atom is -0.341 e. The van der Waals surface area contributed by atoms with Crippen LogP contribution in [0.1, 0.15) is 25.3 Å². The van der Waals surface area contributed by atoms with Gasteiger partial charge in [-0.05, 0) is 31.2 Å². The third kappa shape index (κ3) is 6.45. The maximum Gasteiger partial charge on any atom is 0.235 e. The summed E-state index contributed by atoms with van der Waals surface area (Å²) in [6.45, 7) is 3.77. The van der Waals surface area contributed by atoms with E-state index in [9.17, 15) is 13.2 Å². The molecule has 1 saturated heterocycles. The summed E-state index contributed by atoms with van der Waals surface area (Å²) in [7, 11) is -3.17. The Labute approximate surface area is 149 Å². The van der Waals surface area contributed by atoms with Crippen molar-refractivity contribution in [3.8, 4) is 0 Å². The Balaban J connectivity index is 1.82. The van der Waals surface area contributed by atoms with Crippen molar-refractivity contribution in [2.75, 3.05) is 25.9 Å². The van der Waals surface area contributed by atoms with E-state index in [4.69, 9.17) is 0 Å². The first kappa shape index (κ1) is 19.3. The Morgan fingerprint density at radius 2 is 2.08 bits per heavy atom. The number of likely N-dealkylation sites (tertiary alicyclic amines) is 1. The molecule has 7 heteroatoms. The van der Waals surface area contributed by atoms with Crippen molar-refractivity contribution in [1.82, 2.24) is 9.62 Å². The molecule has 1 aromatic rings. The lowest BCUT2D eigenvalue weighted by molar-refractivity contribution is -0.132. The zero-order valence-electron chi connectivity index (χ0n) is 14.3. The van der Waals surface area contributed by atoms with Crippen molar-refractivity contribution in [3.05, 3.63) is 35.9 Å². The Kier molecular flexibility index (Phi) is 7.13. The number of hydrogen-bond donors (Lipinski definition) is 1. The number of sulfonamides is 1. The van der Waals surface area contributed by atoms with Crippen LogP contribution in [0.2, 0.25) is 0 Å². The SMILES string of the molecule is C[C@@H](SCc1ccccc1)C(=O)N1CCC[C@@H](CNS(C)(=O)=O)C1. The van der Waals surface area contributed by atoms with Crippen molar-refractivity contribution in [3.63, 3.8) is 0 Å². The van der Waals surface area contributed by atoms with Gasteiger partial charge in [-0.3, -0.25) is 4.79 Å². The molecule has 1 aliphatic rings. The topological polar surface area (TPSA) is 66.5 Å². The first-order chi connectivity index (χ1) is 11.3. The van der Waals surface area contributed by atoms with E-state index < -0.39 is 10.0 Å². The standard InChI is InChI=1S/C17H26N2O3S2/c1-14(23-13-15-7-4-3-5-8-15)17(20)19-10-6-9-16(12-19)11-18-24(2,21)22/h3-5,7-8,14,16,18H,6,9-13H2,1-2H3/t14-,16+/m1/s1. The van der Waals surface area contributed by atoms with Gasteiger partial charge in [0.1, 0.15) is 0 Å². The molecule has 24 heavy (non-hydrogen) atoms. The second kappa shape index (κ2) is 8.87. The van der Waals surface area contributed by atoms with E-state index >= 15 is 0 Å². The summed E-state index contributed by atoms with van der Waals surface area (Å²) in [6, 6.07) is 10.1. The fraction of sp³-hybridized carbons (Fsp3) is 0.588. The van der Waals surface area contributed by atoms with Gasteiger partial charge in [-0.1, -0.05) is 30.3 Å². The Morgan fingerprint density at radius 3 is 2.75 bits per heavy atom. The first-order valence-electron chi connectivity index (χ1n) is 8.24. The molecule has 0 unspecified atom stereocenters. The number of nitrogens with zero attached hydrogens (tertiary/aromatic N) is 1. The highest BCUT2D eigenvalue weighted by Crippen LogP contribution is 2.23. The third-order valence-electron chi connectivity index (χ3n) is 4.16. The van der Waals surface area contributed by atoms with Crippen LogP contribution in [0, 0.1) is 5.92 Å². The van der Waals surface area contributed by atoms with Crippen LogP contribution in [0.5, 0.6) is 0 Å². The quantitative estimate of drug-likeness (QED) is 0.798. The normalized spacial score (nSPS) is 19.9. The summed E-state index contributed by atoms with van der Waals surface area (Å²) in [5, 5.41) is -0.0909. The fourth-order valence-electron chi connectivity index (χ4n) is 2.82. The van der Waals surface area contributed by atoms with Crippen LogP contribution >= 0.6 is 11.8 Å². The van der Waals surface area contributed by atoms with Crippen LogP contribution < -0.4 is 4.72 Å². The number of thioether (sulfide) groups is 1. The lowest BCUT2D eigenvalue weighted by atomic mass is 9.98. The molecular weight excluding hydrogens is 344 g/mol. The summed E-state index contributed by atoms with van der Waals surface area (Å²) < 4.78 is 25.0. The zero-order valence-corrected chi connectivity index (χ0v) is 15.9. The Hall–Kier alpha value is -1.05. The number of amides is 1. The number of rotatable bonds is 7. The smallest absolute Gasteiger partial charge is 0.235 e. The van der Waals surface area contributed by atoms with E-state index in [1.807, 2.05) is 30.0 Å². The van der Waals surface area contributed by atoms with E-state index in [0.29, 0.717) is 13.1 Å². The maximum atomic E-state index is 12.6. The highest BCUT2D eigenvalue weighted by molar-refractivity contribution is 7.99. The number of carbonyl (C=O) groups excluding carboxylic acids is 1. The minimum atomic E-state index is -3.17. The second-order valence-corrected chi connectivity index (χ2v) is 9.51. The van der Waals surface area contributed by atoms with Crippen molar-refractivity contribution in [2.45, 2.75) is 30.8 Å². The van der Waals surface area contributed by atoms with Gasteiger partial charge in [0.25, 0.3) is 0 Å². The Morgan fingerprint density at radius 1 is 1.38 bits per heavy atom. The number of piperidine rings is 1. The largest absolute Gasteiger partial charge is 0.341 e. The minimum absolute atomic E-state index is 0.0909. The lowest BCUT2D eigenvalue weighted by Crippen LogP contribution is -2.46. The molecule has 1 aromatic carbocycles. The lowest BCUT2D eigenvalue weighted by Gasteiger charge is -2.34. The first-order valence-corrected chi connectivity index (χ1v) is 11.2. The summed E-state index contributed by atoms with van der Waals surface area (Å²) in [4.78, 5) is 14.5. The molecule has 1 N–H and O–H groups in total. The van der Waals surface area contributed by atoms with Gasteiger partial charge < -0.3 is 4.90 Å². The van der Waals surface area contributed by atoms with Gasteiger partial charge >= 0.3 is 0 Å². The van der Waals surface area contributed by atoms with Gasteiger partial charge in [0.2, 0.25) is 15.9 Å². The van der Waals surface area contributed by atoms with Crippen molar-refractivity contribution >= 4 is 27.7 Å². The van der Waals surface area contributed by atoms with Crippen molar-refractivity contribution < 1.29 is 13.2 Å². The molecule has 1 aliphatic heterocycles. The van der Waals surface area contributed by atoms with Crippen LogP contribution in [-0.2, 0) is 20.6 Å². The molecule has 134 valence electrons. The van der Waals surface area contributed by atoms with Crippen LogP contribution in [0.25, 0.3) is 0 Å². The van der Waals surface area contributed by atoms with Gasteiger partial charge in [0, 0.05) is 25.4 Å². The second-order valence-electron chi connectivity index (χ2n) is 6.35. The summed E-state index contributed by atoms with van der Waals surface area (Å²) in [5.74, 6) is 1.17. The van der Waals surface area contributed by atoms with E-state index in [2.05, 4.69) is 16.9 Å². The van der Waals surface area contributed by atoms with Crippen LogP contribution in [0.4, 0.5) is 0 Å². The monoisotopic (exact) mass is 370 g/mol. The molecule has 0 bridgehead atoms. The predicted octanol–water partition coefficient (Wildman–Crippen LogP) is 2.10. The average molecular weight is 371 g/mol. The van der Waals surface area contributed by atoms with Crippen molar-refractivity contribution in [2.24, 2.45) is 5.92 Å². The highest BCUT2D eigenvalue weighted by atomic mass is 32.2. The van der Waals surface area contributed by atoms with Gasteiger partial charge in [0.15, 0.2) is 0 Å². The number of benzene rings is 1. The van der Waals surface area contributed by atoms with Gasteiger partial charge in [-0.2, -0.15) is 0 Å². The van der Waals surface area contributed by atoms with E-state index in [1.165, 1.54) is 11.8 Å². The van der Waals surface area contributed by atoms with E-state index in [-0.39, 0.29) is 17.1 Å². The summed E-state index contributed by atoms with van der Waals surface area (Å²) in [6.07, 6.45) is 3.05. The molecule has 0 saturated carbocycles. The number of nitrogens with one attached hydrogen (secondary N) is 1. The van der Waals surface area contributed by atoms with E-state index in [1.54, 1.807) is 11.8 Å². The molecule has 1 heterocycles. The van der Waals surface area contributed by atoms with Crippen LogP contribution in [0.15, 0.2) is 30.3 Å². The van der Waals surface area contributed by atoms with Crippen LogP contribution in [-0.4, -0.2) is 50.4 Å². The van der Waals surface area contributed by atoms with Gasteiger partial charge in [0.05, 0.1) is 11.5 Å². The molecule has 0 aliphatic carbocycles. The molecule has 0 aromatic heterocycles. The highest BCUT2D eigenvalue weighted by Gasteiger charge is 2.27. The molecule has 1 amide bonds. The number of carbonyl (C=O) groups is 1. The molecule has 2 rings (SSSR count). The fourth-order valence-corrected chi connectivity index (χ4v) is 4.29. The number of hydrogen-bond acceptors (Lipinski definition) is 4. The van der Waals surface area contributed by atoms with Gasteiger partial charge in [-0.25, -0.2) is 13.1 Å². The molecule has 5 nitrogen and oxygen atoms in total. The molecule has 2 atom stereocenters. The maximum absolute atomic E-state index is 12.6. The van der Waals surface area contributed by atoms with Crippen molar-refractivity contribution in [1.29, 1.82) is 0 Å². The molecule has 1 fully saturated rings. The summed E-state index contributed by atoms with van der Waals surface area (Å²) >= 11 is 1.65. The molecule has 0 radical (unpaired) electrons.